The van der Waals surface area contributed by atoms with Gasteiger partial charge in [0.05, 0.1) is 0 Å². The minimum Gasteiger partial charge on any atom is -0.508 e. The highest BCUT2D eigenvalue weighted by molar-refractivity contribution is 5.44. The van der Waals surface area contributed by atoms with Crippen LogP contribution < -0.4 is 5.73 Å². The van der Waals surface area contributed by atoms with E-state index >= 15 is 0 Å². The molecule has 6 nitrogen and oxygen atoms in total. The van der Waals surface area contributed by atoms with Crippen LogP contribution in [0.4, 0.5) is 0 Å². The average molecular weight is 417 g/mol. The van der Waals surface area contributed by atoms with Crippen molar-refractivity contribution >= 4 is 0 Å². The number of phenolic OH excluding ortho intramolecular Hbond substituents is 2. The largest absolute Gasteiger partial charge is 0.508 e. The van der Waals surface area contributed by atoms with Crippen molar-refractivity contribution in [3.63, 3.8) is 0 Å². The fourth-order valence-electron chi connectivity index (χ4n) is 3.23. The highest BCUT2D eigenvalue weighted by Gasteiger charge is 2.17. The first-order chi connectivity index (χ1) is 13.8. The fourth-order valence-corrected chi connectivity index (χ4v) is 3.23. The van der Waals surface area contributed by atoms with Gasteiger partial charge in [-0.15, -0.1) is 0 Å². The third kappa shape index (κ3) is 8.71. The van der Waals surface area contributed by atoms with E-state index < -0.39 is 5.54 Å². The van der Waals surface area contributed by atoms with Crippen molar-refractivity contribution in [2.24, 2.45) is 5.73 Å². The first kappa shape index (κ1) is 25.9. The molecular formula is C24H40N4O2. The number of benzene rings is 2. The van der Waals surface area contributed by atoms with Gasteiger partial charge >= 0.3 is 0 Å². The highest BCUT2D eigenvalue weighted by atomic mass is 16.3. The predicted octanol–water partition coefficient (Wildman–Crippen LogP) is 3.16. The zero-order valence-electron chi connectivity index (χ0n) is 19.9. The van der Waals surface area contributed by atoms with Crippen molar-refractivity contribution in [3.8, 4) is 11.5 Å². The number of hydrogen-bond acceptors (Lipinski definition) is 6. The molecule has 0 unspecified atom stereocenters. The molecule has 0 spiro atoms. The van der Waals surface area contributed by atoms with Crippen molar-refractivity contribution in [1.82, 2.24) is 14.7 Å². The van der Waals surface area contributed by atoms with E-state index in [1.807, 2.05) is 54.2 Å². The van der Waals surface area contributed by atoms with Gasteiger partial charge in [0.2, 0.25) is 0 Å². The number of rotatable bonds is 7. The lowest BCUT2D eigenvalue weighted by molar-refractivity contribution is 0.365. The van der Waals surface area contributed by atoms with Gasteiger partial charge in [0, 0.05) is 41.9 Å². The SMILES string of the molecule is CC(C)(N)c1ccccc1O.CN(C)Cc1cc(CN(C)C)c(O)c(CN(C)C)c1. The molecule has 2 aromatic carbocycles. The number of nitrogens with two attached hydrogens (primary N) is 1. The summed E-state index contributed by atoms with van der Waals surface area (Å²) in [5.41, 5.74) is 9.36. The van der Waals surface area contributed by atoms with E-state index in [1.54, 1.807) is 12.1 Å². The number of para-hydroxylation sites is 1. The number of phenols is 2. The molecule has 0 saturated heterocycles. The smallest absolute Gasteiger partial charge is 0.124 e. The number of aromatic hydroxyl groups is 2. The summed E-state index contributed by atoms with van der Waals surface area (Å²) in [7, 11) is 12.2. The first-order valence-corrected chi connectivity index (χ1v) is 10.2. The van der Waals surface area contributed by atoms with E-state index in [-0.39, 0.29) is 5.75 Å². The number of nitrogens with zero attached hydrogens (tertiary/aromatic N) is 3. The second-order valence-corrected chi connectivity index (χ2v) is 9.21. The van der Waals surface area contributed by atoms with Crippen molar-refractivity contribution in [2.75, 3.05) is 42.3 Å². The van der Waals surface area contributed by atoms with Crippen LogP contribution in [0.3, 0.4) is 0 Å². The zero-order chi connectivity index (χ0) is 23.1. The zero-order valence-corrected chi connectivity index (χ0v) is 19.9. The van der Waals surface area contributed by atoms with Gasteiger partial charge in [-0.25, -0.2) is 0 Å². The molecule has 0 bridgehead atoms. The van der Waals surface area contributed by atoms with Crippen LogP contribution in [-0.4, -0.2) is 67.2 Å². The van der Waals surface area contributed by atoms with Crippen LogP contribution >= 0.6 is 0 Å². The van der Waals surface area contributed by atoms with Crippen LogP contribution in [0.25, 0.3) is 0 Å². The summed E-state index contributed by atoms with van der Waals surface area (Å²) in [6.07, 6.45) is 0. The summed E-state index contributed by atoms with van der Waals surface area (Å²) in [5.74, 6) is 0.699. The molecule has 2 aromatic rings. The normalized spacial score (nSPS) is 11.7. The van der Waals surface area contributed by atoms with Crippen LogP contribution in [0.1, 0.15) is 36.1 Å². The lowest BCUT2D eigenvalue weighted by atomic mass is 9.95. The van der Waals surface area contributed by atoms with Crippen LogP contribution in [0.15, 0.2) is 36.4 Å². The van der Waals surface area contributed by atoms with Gasteiger partial charge in [-0.3, -0.25) is 0 Å². The third-order valence-electron chi connectivity index (χ3n) is 4.40. The van der Waals surface area contributed by atoms with Gasteiger partial charge in [-0.1, -0.05) is 18.2 Å². The molecule has 30 heavy (non-hydrogen) atoms. The van der Waals surface area contributed by atoms with Gasteiger partial charge in [-0.05, 0) is 79.9 Å². The monoisotopic (exact) mass is 416 g/mol. The topological polar surface area (TPSA) is 76.2 Å². The summed E-state index contributed by atoms with van der Waals surface area (Å²) >= 11 is 0. The molecule has 0 atom stereocenters. The highest BCUT2D eigenvalue weighted by Crippen LogP contribution is 2.27. The van der Waals surface area contributed by atoms with Crippen molar-refractivity contribution in [3.05, 3.63) is 58.7 Å². The molecule has 6 heteroatoms. The predicted molar refractivity (Wildman–Crippen MR) is 126 cm³/mol. The van der Waals surface area contributed by atoms with Gasteiger partial charge < -0.3 is 30.6 Å². The molecule has 0 amide bonds. The maximum absolute atomic E-state index is 10.4. The maximum Gasteiger partial charge on any atom is 0.124 e. The van der Waals surface area contributed by atoms with Gasteiger partial charge in [-0.2, -0.15) is 0 Å². The van der Waals surface area contributed by atoms with Gasteiger partial charge in [0.1, 0.15) is 11.5 Å². The van der Waals surface area contributed by atoms with Gasteiger partial charge in [0.25, 0.3) is 0 Å². The third-order valence-corrected chi connectivity index (χ3v) is 4.40. The molecule has 2 rings (SSSR count). The van der Waals surface area contributed by atoms with E-state index in [2.05, 4.69) is 40.9 Å². The van der Waals surface area contributed by atoms with E-state index in [4.69, 9.17) is 5.73 Å². The second-order valence-electron chi connectivity index (χ2n) is 9.21. The standard InChI is InChI=1S/C15H27N3O.C9H13NO/c1-16(2)9-12-7-13(10-17(3)4)15(19)14(8-12)11-18(5)6;1-9(2,10)7-5-3-4-6-8(7)11/h7-8,19H,9-11H2,1-6H3;3-6,11H,10H2,1-2H3. The molecule has 168 valence electrons. The Morgan fingerprint density at radius 2 is 1.20 bits per heavy atom. The summed E-state index contributed by atoms with van der Waals surface area (Å²) in [6.45, 7) is 6.13. The Balaban J connectivity index is 0.000000346. The van der Waals surface area contributed by atoms with Crippen molar-refractivity contribution < 1.29 is 10.2 Å². The summed E-state index contributed by atoms with van der Waals surface area (Å²) in [5, 5.41) is 19.7. The molecule has 0 heterocycles. The van der Waals surface area contributed by atoms with E-state index in [1.165, 1.54) is 5.56 Å². The fraction of sp³-hybridized carbons (Fsp3) is 0.500. The summed E-state index contributed by atoms with van der Waals surface area (Å²) < 4.78 is 0. The Morgan fingerprint density at radius 3 is 1.53 bits per heavy atom. The van der Waals surface area contributed by atoms with E-state index in [0.29, 0.717) is 5.75 Å². The van der Waals surface area contributed by atoms with E-state index in [0.717, 1.165) is 36.3 Å². The summed E-state index contributed by atoms with van der Waals surface area (Å²) in [4.78, 5) is 6.30. The van der Waals surface area contributed by atoms with Crippen LogP contribution in [0.5, 0.6) is 11.5 Å². The average Bonchev–Trinajstić information content (AvgIpc) is 2.57. The molecule has 0 aliphatic rings. The maximum atomic E-state index is 10.4. The first-order valence-electron chi connectivity index (χ1n) is 10.2. The molecule has 0 fully saturated rings. The second kappa shape index (κ2) is 11.3. The lowest BCUT2D eigenvalue weighted by Crippen LogP contribution is -2.28. The molecular weight excluding hydrogens is 376 g/mol. The quantitative estimate of drug-likeness (QED) is 0.644. The lowest BCUT2D eigenvalue weighted by Gasteiger charge is -2.19. The van der Waals surface area contributed by atoms with E-state index in [9.17, 15) is 10.2 Å². The number of hydrogen-bond donors (Lipinski definition) is 3. The minimum atomic E-state index is -0.467. The molecule has 0 aliphatic carbocycles. The molecule has 4 N–H and O–H groups in total. The Morgan fingerprint density at radius 1 is 0.767 bits per heavy atom. The Labute approximate surface area is 182 Å². The Hall–Kier alpha value is -2.12. The van der Waals surface area contributed by atoms with Crippen molar-refractivity contribution in [1.29, 1.82) is 0 Å². The van der Waals surface area contributed by atoms with Crippen molar-refractivity contribution in [2.45, 2.75) is 39.0 Å². The van der Waals surface area contributed by atoms with Crippen LogP contribution in [0.2, 0.25) is 0 Å². The summed E-state index contributed by atoms with van der Waals surface area (Å²) in [6, 6.07) is 11.3. The molecule has 0 saturated carbocycles. The Bertz CT molecular complexity index is 765. The molecule has 0 radical (unpaired) electrons. The Kier molecular flexibility index (Phi) is 9.78. The minimum absolute atomic E-state index is 0.264. The molecule has 0 aliphatic heterocycles. The van der Waals surface area contributed by atoms with Gasteiger partial charge in [0.15, 0.2) is 0 Å². The van der Waals surface area contributed by atoms with Crippen LogP contribution in [-0.2, 0) is 25.2 Å². The molecule has 0 aromatic heterocycles. The van der Waals surface area contributed by atoms with Crippen LogP contribution in [0, 0.1) is 0 Å².